The molecule has 0 atom stereocenters. The van der Waals surface area contributed by atoms with Gasteiger partial charge in [0.1, 0.15) is 19.0 Å². The number of nitrogens with one attached hydrogen (secondary N) is 1. The lowest BCUT2D eigenvalue weighted by molar-refractivity contribution is -0.887. The molecule has 3 N–H and O–H groups in total. The summed E-state index contributed by atoms with van der Waals surface area (Å²) in [5, 5.41) is 4.17. The summed E-state index contributed by atoms with van der Waals surface area (Å²) in [6.07, 6.45) is 0. The van der Waals surface area contributed by atoms with Crippen molar-refractivity contribution >= 4 is 29.2 Å². The summed E-state index contributed by atoms with van der Waals surface area (Å²) in [5.41, 5.74) is 6.11. The van der Waals surface area contributed by atoms with Crippen LogP contribution < -0.4 is 10.6 Å². The van der Waals surface area contributed by atoms with Gasteiger partial charge >= 0.3 is 0 Å². The first-order valence-corrected chi connectivity index (χ1v) is 7.98. The van der Waals surface area contributed by atoms with Gasteiger partial charge in [-0.15, -0.1) is 0 Å². The van der Waals surface area contributed by atoms with Gasteiger partial charge in [-0.1, -0.05) is 22.8 Å². The summed E-state index contributed by atoms with van der Waals surface area (Å²) in [7, 11) is 0. The number of amidine groups is 1. The zero-order chi connectivity index (χ0) is 14.4. The van der Waals surface area contributed by atoms with E-state index < -0.39 is 5.82 Å². The molecule has 2 rings (SSSR count). The normalized spacial score (nSPS) is 17.2. The Morgan fingerprint density at radius 1 is 1.45 bits per heavy atom. The summed E-state index contributed by atoms with van der Waals surface area (Å²) < 4.78 is 13.5. The third-order valence-electron chi connectivity index (χ3n) is 3.08. The van der Waals surface area contributed by atoms with Gasteiger partial charge in [-0.05, 0) is 12.1 Å². The number of oxime groups is 1. The van der Waals surface area contributed by atoms with Gasteiger partial charge in [0.2, 0.25) is 0 Å². The fraction of sp³-hybridized carbons (Fsp3) is 0.462. The number of benzene rings is 1. The fourth-order valence-corrected chi connectivity index (χ4v) is 3.26. The quantitative estimate of drug-likeness (QED) is 0.482. The number of nitrogens with two attached hydrogens (primary N) is 1. The van der Waals surface area contributed by atoms with Crippen LogP contribution >= 0.6 is 23.4 Å². The van der Waals surface area contributed by atoms with Crippen LogP contribution in [0.4, 0.5) is 4.39 Å². The van der Waals surface area contributed by atoms with Crippen molar-refractivity contribution in [2.75, 3.05) is 31.1 Å². The minimum Gasteiger partial charge on any atom is -0.389 e. The highest BCUT2D eigenvalue weighted by Gasteiger charge is 2.15. The van der Waals surface area contributed by atoms with Crippen LogP contribution in [0.25, 0.3) is 0 Å². The van der Waals surface area contributed by atoms with Crippen LogP contribution in [-0.2, 0) is 11.4 Å². The van der Waals surface area contributed by atoms with E-state index in [0.29, 0.717) is 23.0 Å². The maximum absolute atomic E-state index is 13.5. The van der Waals surface area contributed by atoms with Crippen LogP contribution in [0.15, 0.2) is 23.4 Å². The van der Waals surface area contributed by atoms with E-state index in [2.05, 4.69) is 5.16 Å². The van der Waals surface area contributed by atoms with E-state index in [1.165, 1.54) is 11.0 Å². The Morgan fingerprint density at radius 2 is 2.20 bits per heavy atom. The van der Waals surface area contributed by atoms with Gasteiger partial charge in [-0.3, -0.25) is 0 Å². The zero-order valence-corrected chi connectivity index (χ0v) is 12.6. The largest absolute Gasteiger partial charge is 0.389 e. The molecule has 1 aliphatic heterocycles. The average Bonchev–Trinajstić information content (AvgIpc) is 2.43. The van der Waals surface area contributed by atoms with E-state index in [1.807, 2.05) is 11.8 Å². The highest BCUT2D eigenvalue weighted by Crippen LogP contribution is 2.19. The van der Waals surface area contributed by atoms with Gasteiger partial charge in [0.25, 0.3) is 0 Å². The van der Waals surface area contributed by atoms with Gasteiger partial charge in [0.15, 0.2) is 5.84 Å². The molecule has 1 aromatic carbocycles. The van der Waals surface area contributed by atoms with Crippen LogP contribution in [0.3, 0.4) is 0 Å². The Morgan fingerprint density at radius 3 is 2.90 bits per heavy atom. The summed E-state index contributed by atoms with van der Waals surface area (Å²) >= 11 is 7.85. The minimum atomic E-state index is -0.398. The van der Waals surface area contributed by atoms with Crippen molar-refractivity contribution in [1.29, 1.82) is 0 Å². The lowest BCUT2D eigenvalue weighted by atomic mass is 10.2. The van der Waals surface area contributed by atoms with Crippen molar-refractivity contribution in [2.45, 2.75) is 6.61 Å². The van der Waals surface area contributed by atoms with Gasteiger partial charge < -0.3 is 15.5 Å². The zero-order valence-electron chi connectivity index (χ0n) is 11.1. The molecule has 1 aromatic rings. The highest BCUT2D eigenvalue weighted by atomic mass is 35.5. The second-order valence-corrected chi connectivity index (χ2v) is 6.23. The van der Waals surface area contributed by atoms with Crippen molar-refractivity contribution in [3.63, 3.8) is 0 Å². The Bertz CT molecular complexity index is 460. The molecule has 1 aliphatic rings. The summed E-state index contributed by atoms with van der Waals surface area (Å²) in [4.78, 5) is 6.51. The predicted octanol–water partition coefficient (Wildman–Crippen LogP) is 0.900. The number of hydrogen-bond donors (Lipinski definition) is 2. The Balaban J connectivity index is 1.83. The molecule has 4 nitrogen and oxygen atoms in total. The van der Waals surface area contributed by atoms with Crippen molar-refractivity contribution in [2.24, 2.45) is 10.9 Å². The topological polar surface area (TPSA) is 52.0 Å². The molecule has 0 unspecified atom stereocenters. The number of hydrogen-bond acceptors (Lipinski definition) is 3. The lowest BCUT2D eigenvalue weighted by Gasteiger charge is -2.22. The van der Waals surface area contributed by atoms with Crippen LogP contribution in [0, 0.1) is 5.82 Å². The van der Waals surface area contributed by atoms with Crippen molar-refractivity contribution in [3.8, 4) is 0 Å². The van der Waals surface area contributed by atoms with E-state index in [1.54, 1.807) is 12.1 Å². The molecule has 0 spiro atoms. The highest BCUT2D eigenvalue weighted by molar-refractivity contribution is 7.99. The first kappa shape index (κ1) is 15.4. The summed E-state index contributed by atoms with van der Waals surface area (Å²) in [5.74, 6) is 2.33. The monoisotopic (exact) mass is 318 g/mol. The third-order valence-corrected chi connectivity index (χ3v) is 4.42. The van der Waals surface area contributed by atoms with E-state index in [4.69, 9.17) is 22.2 Å². The minimum absolute atomic E-state index is 0.0165. The number of thioether (sulfide) groups is 1. The van der Waals surface area contributed by atoms with Crippen molar-refractivity contribution in [1.82, 2.24) is 0 Å². The standard InChI is InChI=1S/C13H17ClFN3OS/c14-11-2-1-3-12(15)10(11)9-19-17-13(16)8-18-4-6-20-7-5-18/h1-3H,4-9H2,(H2,16,17)/p+1. The molecule has 1 fully saturated rings. The number of nitrogens with zero attached hydrogens (tertiary/aromatic N) is 1. The van der Waals surface area contributed by atoms with E-state index in [-0.39, 0.29) is 6.61 Å². The number of quaternary nitrogens is 1. The van der Waals surface area contributed by atoms with Gasteiger partial charge in [0.05, 0.1) is 18.1 Å². The smallest absolute Gasteiger partial charge is 0.194 e. The van der Waals surface area contributed by atoms with Gasteiger partial charge in [0, 0.05) is 17.1 Å². The van der Waals surface area contributed by atoms with Crippen LogP contribution in [0.1, 0.15) is 5.56 Å². The maximum atomic E-state index is 13.5. The second kappa shape index (κ2) is 7.71. The Labute approximate surface area is 127 Å². The molecule has 0 amide bonds. The van der Waals surface area contributed by atoms with Crippen LogP contribution in [0.5, 0.6) is 0 Å². The van der Waals surface area contributed by atoms with Crippen LogP contribution in [0.2, 0.25) is 5.02 Å². The van der Waals surface area contributed by atoms with Gasteiger partial charge in [-0.2, -0.15) is 11.8 Å². The van der Waals surface area contributed by atoms with Gasteiger partial charge in [-0.25, -0.2) is 4.39 Å². The molecule has 110 valence electrons. The van der Waals surface area contributed by atoms with E-state index >= 15 is 0 Å². The molecule has 7 heteroatoms. The van der Waals surface area contributed by atoms with Crippen molar-refractivity contribution in [3.05, 3.63) is 34.6 Å². The molecule has 0 bridgehead atoms. The Kier molecular flexibility index (Phi) is 5.94. The molecule has 0 aliphatic carbocycles. The average molecular weight is 319 g/mol. The SMILES string of the molecule is N/C(C[NH+]1CCSCC1)=N/OCc1c(F)cccc1Cl. The summed E-state index contributed by atoms with van der Waals surface area (Å²) in [6.45, 7) is 2.81. The first-order chi connectivity index (χ1) is 9.66. The molecular weight excluding hydrogens is 301 g/mol. The van der Waals surface area contributed by atoms with E-state index in [9.17, 15) is 4.39 Å². The molecule has 0 saturated carbocycles. The molecule has 1 heterocycles. The summed E-state index contributed by atoms with van der Waals surface area (Å²) in [6, 6.07) is 4.51. The molecule has 20 heavy (non-hydrogen) atoms. The lowest BCUT2D eigenvalue weighted by Crippen LogP contribution is -3.14. The Hall–Kier alpha value is -0.980. The molecule has 1 saturated heterocycles. The molecular formula is C13H18ClFN3OS+. The third kappa shape index (κ3) is 4.54. The van der Waals surface area contributed by atoms with E-state index in [0.717, 1.165) is 24.6 Å². The fourth-order valence-electron chi connectivity index (χ4n) is 1.98. The molecule has 0 aromatic heterocycles. The molecule has 0 radical (unpaired) electrons. The second-order valence-electron chi connectivity index (χ2n) is 4.60. The van der Waals surface area contributed by atoms with Crippen molar-refractivity contribution < 1.29 is 14.1 Å². The number of halogens is 2. The number of rotatable bonds is 5. The maximum Gasteiger partial charge on any atom is 0.194 e. The predicted molar refractivity (Wildman–Crippen MR) is 80.7 cm³/mol. The van der Waals surface area contributed by atoms with Crippen LogP contribution in [-0.4, -0.2) is 37.0 Å². The first-order valence-electron chi connectivity index (χ1n) is 6.45.